The molecule has 4 heteroatoms. The molecule has 0 aliphatic heterocycles. The van der Waals surface area contributed by atoms with Gasteiger partial charge in [-0.25, -0.2) is 4.39 Å². The van der Waals surface area contributed by atoms with Crippen LogP contribution in [-0.4, -0.2) is 12.6 Å². The van der Waals surface area contributed by atoms with Crippen molar-refractivity contribution in [1.82, 2.24) is 0 Å². The highest BCUT2D eigenvalue weighted by molar-refractivity contribution is 6.30. The Bertz CT molecular complexity index is 352. The highest BCUT2D eigenvalue weighted by atomic mass is 35.5. The fourth-order valence-electron chi connectivity index (χ4n) is 1.19. The van der Waals surface area contributed by atoms with Crippen molar-refractivity contribution in [2.45, 2.75) is 19.8 Å². The minimum Gasteiger partial charge on any atom is -0.466 e. The average molecular weight is 231 g/mol. The SMILES string of the molecule is CCOC(=O)CCc1ccc(Cl)cc1F. The highest BCUT2D eigenvalue weighted by Crippen LogP contribution is 2.15. The Labute approximate surface area is 93.0 Å². The quantitative estimate of drug-likeness (QED) is 0.744. The Kier molecular flexibility index (Phi) is 4.56. The number of hydrogen-bond donors (Lipinski definition) is 0. The van der Waals surface area contributed by atoms with Gasteiger partial charge in [-0.05, 0) is 31.0 Å². The molecular weight excluding hydrogens is 219 g/mol. The first kappa shape index (κ1) is 12.0. The molecule has 0 aliphatic carbocycles. The summed E-state index contributed by atoms with van der Waals surface area (Å²) in [5.41, 5.74) is 0.479. The maximum Gasteiger partial charge on any atom is 0.306 e. The highest BCUT2D eigenvalue weighted by Gasteiger charge is 2.06. The molecule has 1 aromatic rings. The van der Waals surface area contributed by atoms with Gasteiger partial charge < -0.3 is 4.74 Å². The van der Waals surface area contributed by atoms with E-state index >= 15 is 0 Å². The van der Waals surface area contributed by atoms with Gasteiger partial charge in [-0.2, -0.15) is 0 Å². The summed E-state index contributed by atoms with van der Waals surface area (Å²) in [5, 5.41) is 0.354. The van der Waals surface area contributed by atoms with Crippen LogP contribution in [0.2, 0.25) is 5.02 Å². The number of hydrogen-bond acceptors (Lipinski definition) is 2. The lowest BCUT2D eigenvalue weighted by molar-refractivity contribution is -0.143. The van der Waals surface area contributed by atoms with Gasteiger partial charge in [0.05, 0.1) is 6.61 Å². The van der Waals surface area contributed by atoms with Gasteiger partial charge in [0.1, 0.15) is 5.82 Å². The van der Waals surface area contributed by atoms with Crippen LogP contribution in [0, 0.1) is 5.82 Å². The molecule has 0 unspecified atom stereocenters. The van der Waals surface area contributed by atoms with Crippen LogP contribution in [0.5, 0.6) is 0 Å². The Balaban J connectivity index is 2.54. The van der Waals surface area contributed by atoms with Gasteiger partial charge in [0.2, 0.25) is 0 Å². The lowest BCUT2D eigenvalue weighted by Crippen LogP contribution is -2.05. The fraction of sp³-hybridized carbons (Fsp3) is 0.364. The van der Waals surface area contributed by atoms with Crippen LogP contribution in [0.25, 0.3) is 0 Å². The van der Waals surface area contributed by atoms with Crippen LogP contribution < -0.4 is 0 Å². The summed E-state index contributed by atoms with van der Waals surface area (Å²) in [7, 11) is 0. The Hall–Kier alpha value is -1.09. The molecule has 0 atom stereocenters. The van der Waals surface area contributed by atoms with Crippen LogP contribution in [0.3, 0.4) is 0 Å². The van der Waals surface area contributed by atoms with Crippen LogP contribution >= 0.6 is 11.6 Å². The second-order valence-corrected chi connectivity index (χ2v) is 3.48. The number of benzene rings is 1. The van der Waals surface area contributed by atoms with Crippen molar-refractivity contribution in [3.8, 4) is 0 Å². The van der Waals surface area contributed by atoms with Gasteiger partial charge in [-0.15, -0.1) is 0 Å². The molecule has 0 amide bonds. The number of halogens is 2. The molecular formula is C11H12ClFO2. The van der Waals surface area contributed by atoms with Gasteiger partial charge in [0.15, 0.2) is 0 Å². The van der Waals surface area contributed by atoms with Crippen molar-refractivity contribution in [3.05, 3.63) is 34.6 Å². The maximum absolute atomic E-state index is 13.3. The molecule has 0 aliphatic rings. The third kappa shape index (κ3) is 3.88. The summed E-state index contributed by atoms with van der Waals surface area (Å²) < 4.78 is 18.0. The predicted octanol–water partition coefficient (Wildman–Crippen LogP) is 2.97. The third-order valence-corrected chi connectivity index (χ3v) is 2.15. The standard InChI is InChI=1S/C11H12ClFO2/c1-2-15-11(14)6-4-8-3-5-9(12)7-10(8)13/h3,5,7H,2,4,6H2,1H3. The smallest absolute Gasteiger partial charge is 0.306 e. The van der Waals surface area contributed by atoms with E-state index in [1.807, 2.05) is 0 Å². The van der Waals surface area contributed by atoms with Crippen molar-refractivity contribution in [1.29, 1.82) is 0 Å². The molecule has 0 aromatic heterocycles. The van der Waals surface area contributed by atoms with E-state index in [1.165, 1.54) is 6.07 Å². The summed E-state index contributed by atoms with van der Waals surface area (Å²) >= 11 is 5.60. The molecule has 82 valence electrons. The van der Waals surface area contributed by atoms with Crippen molar-refractivity contribution >= 4 is 17.6 Å². The molecule has 0 radical (unpaired) electrons. The van der Waals surface area contributed by atoms with Crippen LogP contribution in [0.15, 0.2) is 18.2 Å². The zero-order valence-corrected chi connectivity index (χ0v) is 9.18. The summed E-state index contributed by atoms with van der Waals surface area (Å²) in [5.74, 6) is -0.696. The van der Waals surface area contributed by atoms with E-state index in [0.29, 0.717) is 23.6 Å². The van der Waals surface area contributed by atoms with Gasteiger partial charge in [-0.3, -0.25) is 4.79 Å². The molecule has 0 N–H and O–H groups in total. The van der Waals surface area contributed by atoms with Crippen LogP contribution in [0.4, 0.5) is 4.39 Å². The molecule has 1 rings (SSSR count). The van der Waals surface area contributed by atoms with E-state index in [0.717, 1.165) is 0 Å². The minimum absolute atomic E-state index is 0.187. The lowest BCUT2D eigenvalue weighted by Gasteiger charge is -2.03. The number of esters is 1. The molecule has 2 nitrogen and oxygen atoms in total. The molecule has 15 heavy (non-hydrogen) atoms. The molecule has 0 spiro atoms. The molecule has 0 fully saturated rings. The maximum atomic E-state index is 13.3. The minimum atomic E-state index is -0.383. The summed E-state index contributed by atoms with van der Waals surface area (Å²) in [4.78, 5) is 11.0. The van der Waals surface area contributed by atoms with Crippen LogP contribution in [0.1, 0.15) is 18.9 Å². The van der Waals surface area contributed by atoms with Crippen molar-refractivity contribution < 1.29 is 13.9 Å². The number of carbonyl (C=O) groups excluding carboxylic acids is 1. The number of rotatable bonds is 4. The number of carbonyl (C=O) groups is 1. The normalized spacial score (nSPS) is 10.1. The monoisotopic (exact) mass is 230 g/mol. The van der Waals surface area contributed by atoms with Crippen molar-refractivity contribution in [3.63, 3.8) is 0 Å². The predicted molar refractivity (Wildman–Crippen MR) is 56.4 cm³/mol. The Morgan fingerprint density at radius 2 is 2.27 bits per heavy atom. The van der Waals surface area contributed by atoms with E-state index in [9.17, 15) is 9.18 Å². The van der Waals surface area contributed by atoms with E-state index in [2.05, 4.69) is 0 Å². The Morgan fingerprint density at radius 1 is 1.53 bits per heavy atom. The van der Waals surface area contributed by atoms with E-state index in [1.54, 1.807) is 19.1 Å². The van der Waals surface area contributed by atoms with E-state index in [4.69, 9.17) is 16.3 Å². The first-order valence-electron chi connectivity index (χ1n) is 4.73. The number of aryl methyl sites for hydroxylation is 1. The third-order valence-electron chi connectivity index (χ3n) is 1.92. The zero-order valence-electron chi connectivity index (χ0n) is 8.43. The second-order valence-electron chi connectivity index (χ2n) is 3.04. The van der Waals surface area contributed by atoms with Gasteiger partial charge in [0, 0.05) is 11.4 Å². The van der Waals surface area contributed by atoms with Crippen molar-refractivity contribution in [2.75, 3.05) is 6.61 Å². The van der Waals surface area contributed by atoms with E-state index < -0.39 is 0 Å². The average Bonchev–Trinajstić information content (AvgIpc) is 2.17. The summed E-state index contributed by atoms with van der Waals surface area (Å²) in [6.07, 6.45) is 0.522. The topological polar surface area (TPSA) is 26.3 Å². The number of ether oxygens (including phenoxy) is 1. The first-order chi connectivity index (χ1) is 7.13. The lowest BCUT2D eigenvalue weighted by atomic mass is 10.1. The second kappa shape index (κ2) is 5.71. The van der Waals surface area contributed by atoms with Crippen LogP contribution in [-0.2, 0) is 16.0 Å². The summed E-state index contributed by atoms with van der Waals surface area (Å²) in [6.45, 7) is 2.09. The molecule has 0 bridgehead atoms. The molecule has 0 heterocycles. The zero-order chi connectivity index (χ0) is 11.3. The molecule has 1 aromatic carbocycles. The fourth-order valence-corrected chi connectivity index (χ4v) is 1.35. The van der Waals surface area contributed by atoms with Crippen molar-refractivity contribution in [2.24, 2.45) is 0 Å². The van der Waals surface area contributed by atoms with E-state index in [-0.39, 0.29) is 18.2 Å². The van der Waals surface area contributed by atoms with Gasteiger partial charge in [-0.1, -0.05) is 17.7 Å². The Morgan fingerprint density at radius 3 is 2.87 bits per heavy atom. The molecule has 0 saturated carbocycles. The summed E-state index contributed by atoms with van der Waals surface area (Å²) in [6, 6.07) is 4.42. The first-order valence-corrected chi connectivity index (χ1v) is 5.11. The largest absolute Gasteiger partial charge is 0.466 e. The van der Waals surface area contributed by atoms with Gasteiger partial charge in [0.25, 0.3) is 0 Å². The van der Waals surface area contributed by atoms with Gasteiger partial charge >= 0.3 is 5.97 Å². The molecule has 0 saturated heterocycles.